The summed E-state index contributed by atoms with van der Waals surface area (Å²) in [6, 6.07) is 4.19. The molecule has 1 N–H and O–H groups in total. The molecule has 1 aromatic carbocycles. The summed E-state index contributed by atoms with van der Waals surface area (Å²) in [5.74, 6) is -0.849. The third kappa shape index (κ3) is 3.44. The summed E-state index contributed by atoms with van der Waals surface area (Å²) in [7, 11) is 1.31. The summed E-state index contributed by atoms with van der Waals surface area (Å²) in [6.45, 7) is 2.67. The Morgan fingerprint density at radius 2 is 2.32 bits per heavy atom. The van der Waals surface area contributed by atoms with E-state index in [4.69, 9.17) is 9.47 Å². The lowest BCUT2D eigenvalue weighted by Gasteiger charge is -2.29. The fraction of sp³-hybridized carbons (Fsp3) is 0.500. The molecule has 2 rings (SSSR count). The first-order chi connectivity index (χ1) is 9.10. The molecule has 104 valence electrons. The largest absolute Gasteiger partial charge is 0.465 e. The summed E-state index contributed by atoms with van der Waals surface area (Å²) in [6.07, 6.45) is 1.83. The van der Waals surface area contributed by atoms with Gasteiger partial charge >= 0.3 is 5.97 Å². The van der Waals surface area contributed by atoms with Gasteiger partial charge in [-0.15, -0.1) is 0 Å². The van der Waals surface area contributed by atoms with Gasteiger partial charge in [0, 0.05) is 12.6 Å². The van der Waals surface area contributed by atoms with E-state index in [1.165, 1.54) is 25.3 Å². The zero-order chi connectivity index (χ0) is 13.8. The maximum absolute atomic E-state index is 13.3. The average Bonchev–Trinajstić information content (AvgIpc) is 2.38. The van der Waals surface area contributed by atoms with Gasteiger partial charge in [-0.2, -0.15) is 0 Å². The summed E-state index contributed by atoms with van der Waals surface area (Å²) in [4.78, 5) is 11.6. The van der Waals surface area contributed by atoms with Crippen molar-refractivity contribution >= 4 is 11.7 Å². The monoisotopic (exact) mass is 267 g/mol. The number of benzene rings is 1. The molecule has 0 bridgehead atoms. The number of anilines is 1. The van der Waals surface area contributed by atoms with Crippen LogP contribution in [0.2, 0.25) is 0 Å². The molecule has 0 aromatic heterocycles. The van der Waals surface area contributed by atoms with Crippen molar-refractivity contribution in [3.8, 4) is 0 Å². The Bertz CT molecular complexity index is 464. The first-order valence-corrected chi connectivity index (χ1v) is 6.36. The van der Waals surface area contributed by atoms with Gasteiger partial charge in [-0.1, -0.05) is 0 Å². The van der Waals surface area contributed by atoms with E-state index in [1.807, 2.05) is 6.92 Å². The van der Waals surface area contributed by atoms with Crippen LogP contribution < -0.4 is 5.32 Å². The number of carbonyl (C=O) groups excluding carboxylic acids is 1. The average molecular weight is 267 g/mol. The van der Waals surface area contributed by atoms with E-state index in [1.54, 1.807) is 0 Å². The third-order valence-electron chi connectivity index (χ3n) is 3.23. The molecule has 1 fully saturated rings. The minimum atomic E-state index is -0.470. The molecule has 0 saturated carbocycles. The van der Waals surface area contributed by atoms with Crippen molar-refractivity contribution in [3.05, 3.63) is 29.6 Å². The van der Waals surface area contributed by atoms with Crippen LogP contribution in [0.4, 0.5) is 10.1 Å². The van der Waals surface area contributed by atoms with Gasteiger partial charge in [0.1, 0.15) is 5.82 Å². The predicted octanol–water partition coefficient (Wildman–Crippen LogP) is 2.59. The fourth-order valence-electron chi connectivity index (χ4n) is 2.27. The second-order valence-corrected chi connectivity index (χ2v) is 4.73. The number of rotatable bonds is 3. The van der Waals surface area contributed by atoms with Crippen molar-refractivity contribution in [1.29, 1.82) is 0 Å². The van der Waals surface area contributed by atoms with Crippen molar-refractivity contribution in [2.24, 2.45) is 0 Å². The van der Waals surface area contributed by atoms with Crippen LogP contribution in [-0.2, 0) is 9.47 Å². The molecule has 0 amide bonds. The van der Waals surface area contributed by atoms with Crippen LogP contribution in [0.5, 0.6) is 0 Å². The quantitative estimate of drug-likeness (QED) is 0.855. The number of nitrogens with one attached hydrogen (secondary N) is 1. The molecule has 1 aromatic rings. The first-order valence-electron chi connectivity index (χ1n) is 6.36. The lowest BCUT2D eigenvalue weighted by Crippen LogP contribution is -2.33. The molecule has 5 heteroatoms. The van der Waals surface area contributed by atoms with Crippen molar-refractivity contribution in [1.82, 2.24) is 0 Å². The summed E-state index contributed by atoms with van der Waals surface area (Å²) < 4.78 is 23.5. The van der Waals surface area contributed by atoms with Crippen molar-refractivity contribution in [2.75, 3.05) is 19.0 Å². The highest BCUT2D eigenvalue weighted by Crippen LogP contribution is 2.23. The zero-order valence-corrected chi connectivity index (χ0v) is 11.1. The van der Waals surface area contributed by atoms with Gasteiger partial charge in [-0.05, 0) is 38.0 Å². The lowest BCUT2D eigenvalue weighted by atomic mass is 10.0. The second-order valence-electron chi connectivity index (χ2n) is 4.73. The molecule has 4 nitrogen and oxygen atoms in total. The van der Waals surface area contributed by atoms with Gasteiger partial charge in [0.25, 0.3) is 0 Å². The standard InChI is InChI=1S/C14H18FNO3/c1-9-7-11(5-6-19-9)16-13-8-10(15)3-4-12(13)14(17)18-2/h3-4,8-9,11,16H,5-7H2,1-2H3. The predicted molar refractivity (Wildman–Crippen MR) is 69.8 cm³/mol. The van der Waals surface area contributed by atoms with Crippen LogP contribution in [0.1, 0.15) is 30.1 Å². The first kappa shape index (κ1) is 13.8. The van der Waals surface area contributed by atoms with Crippen molar-refractivity contribution in [2.45, 2.75) is 31.9 Å². The normalized spacial score (nSPS) is 22.9. The van der Waals surface area contributed by atoms with Crippen LogP contribution in [0.25, 0.3) is 0 Å². The maximum Gasteiger partial charge on any atom is 0.339 e. The van der Waals surface area contributed by atoms with Gasteiger partial charge < -0.3 is 14.8 Å². The van der Waals surface area contributed by atoms with E-state index in [0.717, 1.165) is 12.8 Å². The van der Waals surface area contributed by atoms with E-state index >= 15 is 0 Å². The molecule has 1 aliphatic rings. The van der Waals surface area contributed by atoms with Crippen LogP contribution in [0.3, 0.4) is 0 Å². The zero-order valence-electron chi connectivity index (χ0n) is 11.1. The molecule has 2 atom stereocenters. The molecule has 2 unspecified atom stereocenters. The highest BCUT2D eigenvalue weighted by Gasteiger charge is 2.21. The van der Waals surface area contributed by atoms with Gasteiger partial charge in [0.2, 0.25) is 0 Å². The smallest absolute Gasteiger partial charge is 0.339 e. The van der Waals surface area contributed by atoms with Gasteiger partial charge in [-0.3, -0.25) is 0 Å². The Labute approximate surface area is 111 Å². The fourth-order valence-corrected chi connectivity index (χ4v) is 2.27. The molecule has 1 saturated heterocycles. The minimum absolute atomic E-state index is 0.168. The lowest BCUT2D eigenvalue weighted by molar-refractivity contribution is 0.0232. The van der Waals surface area contributed by atoms with Crippen molar-refractivity contribution < 1.29 is 18.7 Å². The number of hydrogen-bond donors (Lipinski definition) is 1. The summed E-state index contributed by atoms with van der Waals surface area (Å²) in [5.41, 5.74) is 0.828. The Hall–Kier alpha value is -1.62. The molecule has 1 heterocycles. The molecular weight excluding hydrogens is 249 g/mol. The Balaban J connectivity index is 2.18. The van der Waals surface area contributed by atoms with Gasteiger partial charge in [-0.25, -0.2) is 9.18 Å². The molecule has 0 radical (unpaired) electrons. The number of carbonyl (C=O) groups is 1. The van der Waals surface area contributed by atoms with Crippen LogP contribution in [0, 0.1) is 5.82 Å². The SMILES string of the molecule is COC(=O)c1ccc(F)cc1NC1CCOC(C)C1. The molecule has 1 aliphatic heterocycles. The van der Waals surface area contributed by atoms with E-state index in [-0.39, 0.29) is 18.0 Å². The number of ether oxygens (including phenoxy) is 2. The minimum Gasteiger partial charge on any atom is -0.465 e. The summed E-state index contributed by atoms with van der Waals surface area (Å²) >= 11 is 0. The van der Waals surface area contributed by atoms with Crippen molar-refractivity contribution in [3.63, 3.8) is 0 Å². The van der Waals surface area contributed by atoms with Gasteiger partial charge in [0.15, 0.2) is 0 Å². The topological polar surface area (TPSA) is 47.6 Å². The summed E-state index contributed by atoms with van der Waals surface area (Å²) in [5, 5.41) is 3.22. The van der Waals surface area contributed by atoms with Crippen LogP contribution in [0.15, 0.2) is 18.2 Å². The molecule has 19 heavy (non-hydrogen) atoms. The highest BCUT2D eigenvalue weighted by atomic mass is 19.1. The molecule has 0 aliphatic carbocycles. The maximum atomic E-state index is 13.3. The molecule has 0 spiro atoms. The Morgan fingerprint density at radius 3 is 3.00 bits per heavy atom. The van der Waals surface area contributed by atoms with Crippen LogP contribution in [-0.4, -0.2) is 31.8 Å². The number of halogens is 1. The number of methoxy groups -OCH3 is 1. The van der Waals surface area contributed by atoms with E-state index < -0.39 is 5.97 Å². The Morgan fingerprint density at radius 1 is 1.53 bits per heavy atom. The highest BCUT2D eigenvalue weighted by molar-refractivity contribution is 5.95. The van der Waals surface area contributed by atoms with E-state index in [9.17, 15) is 9.18 Å². The number of hydrogen-bond acceptors (Lipinski definition) is 4. The van der Waals surface area contributed by atoms with E-state index in [2.05, 4.69) is 5.32 Å². The Kier molecular flexibility index (Phi) is 4.37. The van der Waals surface area contributed by atoms with Gasteiger partial charge in [0.05, 0.1) is 24.5 Å². The van der Waals surface area contributed by atoms with E-state index in [0.29, 0.717) is 17.9 Å². The third-order valence-corrected chi connectivity index (χ3v) is 3.23. The van der Waals surface area contributed by atoms with Crippen LogP contribution >= 0.6 is 0 Å². The molecular formula is C14H18FNO3. The number of esters is 1. The second kappa shape index (κ2) is 6.02.